The highest BCUT2D eigenvalue weighted by Gasteiger charge is 2.20. The standard InChI is InChI=1S/C17H18ClFN2O3S/c1-11(12-6-8-13(9-7-12)25(20,23)24)21(2)17(22)10-14-15(18)4-3-5-16(14)19/h3-9,11H,10H2,1-2H3,(H2,20,23,24). The van der Waals surface area contributed by atoms with E-state index in [2.05, 4.69) is 0 Å². The monoisotopic (exact) mass is 384 g/mol. The molecule has 0 radical (unpaired) electrons. The molecular formula is C17H18ClFN2O3S. The van der Waals surface area contributed by atoms with Gasteiger partial charge in [0.25, 0.3) is 0 Å². The van der Waals surface area contributed by atoms with Crippen molar-refractivity contribution in [3.05, 3.63) is 64.4 Å². The molecule has 2 rings (SSSR count). The fourth-order valence-corrected chi connectivity index (χ4v) is 3.10. The van der Waals surface area contributed by atoms with Crippen LogP contribution in [0.25, 0.3) is 0 Å². The van der Waals surface area contributed by atoms with Crippen molar-refractivity contribution in [3.8, 4) is 0 Å². The fraction of sp³-hybridized carbons (Fsp3) is 0.235. The molecule has 0 heterocycles. The lowest BCUT2D eigenvalue weighted by Crippen LogP contribution is -2.31. The minimum atomic E-state index is -3.77. The summed E-state index contributed by atoms with van der Waals surface area (Å²) in [5.74, 6) is -0.838. The number of halogens is 2. The molecule has 134 valence electrons. The van der Waals surface area contributed by atoms with Crippen LogP contribution in [-0.2, 0) is 21.2 Å². The summed E-state index contributed by atoms with van der Waals surface area (Å²) in [4.78, 5) is 13.9. The Morgan fingerprint density at radius 3 is 2.36 bits per heavy atom. The maximum Gasteiger partial charge on any atom is 0.238 e. The third-order valence-corrected chi connectivity index (χ3v) is 5.34. The van der Waals surface area contributed by atoms with E-state index in [0.717, 1.165) is 5.56 Å². The molecule has 0 saturated carbocycles. The first kappa shape index (κ1) is 19.4. The van der Waals surface area contributed by atoms with E-state index in [1.54, 1.807) is 26.1 Å². The average molecular weight is 385 g/mol. The number of rotatable bonds is 5. The smallest absolute Gasteiger partial charge is 0.238 e. The van der Waals surface area contributed by atoms with Crippen LogP contribution < -0.4 is 5.14 Å². The highest BCUT2D eigenvalue weighted by molar-refractivity contribution is 7.89. The highest BCUT2D eigenvalue weighted by Crippen LogP contribution is 2.24. The Morgan fingerprint density at radius 2 is 1.84 bits per heavy atom. The van der Waals surface area contributed by atoms with Gasteiger partial charge in [-0.1, -0.05) is 29.8 Å². The van der Waals surface area contributed by atoms with Crippen molar-refractivity contribution in [2.45, 2.75) is 24.3 Å². The predicted octanol–water partition coefficient (Wildman–Crippen LogP) is 2.89. The number of likely N-dealkylation sites (N-methyl/N-ethyl adjacent to an activating group) is 1. The van der Waals surface area contributed by atoms with Gasteiger partial charge in [0.2, 0.25) is 15.9 Å². The number of sulfonamides is 1. The third kappa shape index (κ3) is 4.56. The first-order valence-electron chi connectivity index (χ1n) is 7.42. The number of amides is 1. The first-order chi connectivity index (χ1) is 11.6. The Labute approximate surface area is 151 Å². The minimum absolute atomic E-state index is 0.00410. The van der Waals surface area contributed by atoms with Crippen LogP contribution in [0.15, 0.2) is 47.4 Å². The lowest BCUT2D eigenvalue weighted by Gasteiger charge is -2.26. The number of primary sulfonamides is 1. The average Bonchev–Trinajstić information content (AvgIpc) is 2.56. The van der Waals surface area contributed by atoms with E-state index in [-0.39, 0.29) is 33.9 Å². The van der Waals surface area contributed by atoms with Crippen LogP contribution >= 0.6 is 11.6 Å². The second-order valence-electron chi connectivity index (χ2n) is 5.67. The maximum absolute atomic E-state index is 13.8. The van der Waals surface area contributed by atoms with Gasteiger partial charge in [0, 0.05) is 17.6 Å². The number of nitrogens with two attached hydrogens (primary N) is 1. The van der Waals surface area contributed by atoms with E-state index in [1.165, 1.54) is 35.2 Å². The van der Waals surface area contributed by atoms with Gasteiger partial charge >= 0.3 is 0 Å². The first-order valence-corrected chi connectivity index (χ1v) is 9.35. The lowest BCUT2D eigenvalue weighted by molar-refractivity contribution is -0.131. The second-order valence-corrected chi connectivity index (χ2v) is 7.64. The molecule has 0 saturated heterocycles. The molecule has 0 aromatic heterocycles. The van der Waals surface area contributed by atoms with E-state index in [1.807, 2.05) is 0 Å². The molecule has 1 atom stereocenters. The number of nitrogens with zero attached hydrogens (tertiary/aromatic N) is 1. The fourth-order valence-electron chi connectivity index (χ4n) is 2.35. The second kappa shape index (κ2) is 7.51. The summed E-state index contributed by atoms with van der Waals surface area (Å²) in [5.41, 5.74) is 0.876. The molecule has 0 aliphatic carbocycles. The largest absolute Gasteiger partial charge is 0.339 e. The zero-order chi connectivity index (χ0) is 18.8. The number of carbonyl (C=O) groups excluding carboxylic acids is 1. The molecule has 0 bridgehead atoms. The van der Waals surface area contributed by atoms with E-state index in [4.69, 9.17) is 16.7 Å². The molecule has 2 N–H and O–H groups in total. The zero-order valence-electron chi connectivity index (χ0n) is 13.7. The van der Waals surface area contributed by atoms with E-state index in [9.17, 15) is 17.6 Å². The van der Waals surface area contributed by atoms with Crippen molar-refractivity contribution in [3.63, 3.8) is 0 Å². The molecule has 0 fully saturated rings. The van der Waals surface area contributed by atoms with Gasteiger partial charge in [-0.05, 0) is 36.8 Å². The van der Waals surface area contributed by atoms with Gasteiger partial charge in [-0.15, -0.1) is 0 Å². The summed E-state index contributed by atoms with van der Waals surface area (Å²) >= 11 is 5.96. The minimum Gasteiger partial charge on any atom is -0.339 e. The molecule has 2 aromatic carbocycles. The molecule has 1 amide bonds. The van der Waals surface area contributed by atoms with Crippen molar-refractivity contribution in [2.24, 2.45) is 5.14 Å². The molecule has 0 aliphatic heterocycles. The van der Waals surface area contributed by atoms with Crippen molar-refractivity contribution < 1.29 is 17.6 Å². The molecule has 8 heteroatoms. The number of benzene rings is 2. The van der Waals surface area contributed by atoms with Crippen LogP contribution in [0.3, 0.4) is 0 Å². The van der Waals surface area contributed by atoms with Crippen molar-refractivity contribution in [1.29, 1.82) is 0 Å². The van der Waals surface area contributed by atoms with Gasteiger partial charge in [0.1, 0.15) is 5.82 Å². The Kier molecular flexibility index (Phi) is 5.82. The van der Waals surface area contributed by atoms with Gasteiger partial charge < -0.3 is 4.90 Å². The molecule has 5 nitrogen and oxygen atoms in total. The Bertz CT molecular complexity index is 865. The Morgan fingerprint density at radius 1 is 1.24 bits per heavy atom. The lowest BCUT2D eigenvalue weighted by atomic mass is 10.1. The van der Waals surface area contributed by atoms with Gasteiger partial charge in [-0.3, -0.25) is 4.79 Å². The summed E-state index contributed by atoms with van der Waals surface area (Å²) in [7, 11) is -2.18. The summed E-state index contributed by atoms with van der Waals surface area (Å²) in [6.45, 7) is 1.78. The van der Waals surface area contributed by atoms with Gasteiger partial charge in [-0.2, -0.15) is 0 Å². The number of hydrogen-bond acceptors (Lipinski definition) is 3. The van der Waals surface area contributed by atoms with Gasteiger partial charge in [0.15, 0.2) is 0 Å². The quantitative estimate of drug-likeness (QED) is 0.860. The van der Waals surface area contributed by atoms with E-state index >= 15 is 0 Å². The molecule has 1 unspecified atom stereocenters. The third-order valence-electron chi connectivity index (χ3n) is 4.06. The molecule has 2 aromatic rings. The van der Waals surface area contributed by atoms with Crippen LogP contribution in [0.5, 0.6) is 0 Å². The summed E-state index contributed by atoms with van der Waals surface area (Å²) in [6, 6.07) is 9.86. The summed E-state index contributed by atoms with van der Waals surface area (Å²) in [5, 5.41) is 5.27. The molecule has 25 heavy (non-hydrogen) atoms. The van der Waals surface area contributed by atoms with Crippen LogP contribution in [-0.4, -0.2) is 26.3 Å². The normalized spacial score (nSPS) is 12.7. The topological polar surface area (TPSA) is 80.5 Å². The summed E-state index contributed by atoms with van der Waals surface area (Å²) < 4.78 is 36.4. The maximum atomic E-state index is 13.8. The van der Waals surface area contributed by atoms with Crippen LogP contribution in [0.4, 0.5) is 4.39 Å². The van der Waals surface area contributed by atoms with Crippen molar-refractivity contribution in [1.82, 2.24) is 4.90 Å². The van der Waals surface area contributed by atoms with Gasteiger partial charge in [-0.25, -0.2) is 17.9 Å². The van der Waals surface area contributed by atoms with Crippen LogP contribution in [0.1, 0.15) is 24.1 Å². The highest BCUT2D eigenvalue weighted by atomic mass is 35.5. The van der Waals surface area contributed by atoms with Crippen LogP contribution in [0.2, 0.25) is 5.02 Å². The van der Waals surface area contributed by atoms with Crippen molar-refractivity contribution in [2.75, 3.05) is 7.05 Å². The number of hydrogen-bond donors (Lipinski definition) is 1. The SMILES string of the molecule is CC(c1ccc(S(N)(=O)=O)cc1)N(C)C(=O)Cc1c(F)cccc1Cl. The Hall–Kier alpha value is -1.96. The van der Waals surface area contributed by atoms with Gasteiger partial charge in [0.05, 0.1) is 17.4 Å². The molecule has 0 spiro atoms. The van der Waals surface area contributed by atoms with Crippen LogP contribution in [0, 0.1) is 5.82 Å². The molecular weight excluding hydrogens is 367 g/mol. The molecule has 0 aliphatic rings. The Balaban J connectivity index is 2.16. The van der Waals surface area contributed by atoms with E-state index in [0.29, 0.717) is 0 Å². The van der Waals surface area contributed by atoms with Crippen molar-refractivity contribution >= 4 is 27.5 Å². The number of carbonyl (C=O) groups is 1. The van der Waals surface area contributed by atoms with E-state index < -0.39 is 15.8 Å². The zero-order valence-corrected chi connectivity index (χ0v) is 15.3. The summed E-state index contributed by atoms with van der Waals surface area (Å²) in [6.07, 6.45) is -0.165. The predicted molar refractivity (Wildman–Crippen MR) is 94.1 cm³/mol.